The van der Waals surface area contributed by atoms with E-state index in [0.29, 0.717) is 36.7 Å². The van der Waals surface area contributed by atoms with E-state index in [1.54, 1.807) is 85.1 Å². The number of benzene rings is 3. The number of amides is 2. The monoisotopic (exact) mass is 648 g/mol. The molecule has 0 aromatic heterocycles. The number of nitrogens with one attached hydrogen (secondary N) is 2. The van der Waals surface area contributed by atoms with Crippen molar-refractivity contribution in [3.8, 4) is 0 Å². The summed E-state index contributed by atoms with van der Waals surface area (Å²) in [5.74, 6) is -1.17. The normalized spacial score (nSPS) is 18.6. The van der Waals surface area contributed by atoms with Crippen molar-refractivity contribution in [2.45, 2.75) is 9.10 Å². The highest BCUT2D eigenvalue weighted by Gasteiger charge is 2.37. The van der Waals surface area contributed by atoms with Gasteiger partial charge in [-0.25, -0.2) is 10.9 Å². The Morgan fingerprint density at radius 1 is 0.900 bits per heavy atom. The second-order valence-electron chi connectivity index (χ2n) is 8.22. The van der Waals surface area contributed by atoms with E-state index in [0.717, 1.165) is 0 Å². The maximum absolute atomic E-state index is 12.9. The summed E-state index contributed by atoms with van der Waals surface area (Å²) in [5.41, 5.74) is 6.54. The van der Waals surface area contributed by atoms with Crippen LogP contribution in [0.5, 0.6) is 0 Å². The van der Waals surface area contributed by atoms with Gasteiger partial charge >= 0.3 is 0 Å². The molecule has 0 saturated carbocycles. The Balaban J connectivity index is 1.43. The molecule has 12 heteroatoms. The van der Waals surface area contributed by atoms with E-state index in [1.807, 2.05) is 12.1 Å². The summed E-state index contributed by atoms with van der Waals surface area (Å²) >= 11 is 25.4. The van der Waals surface area contributed by atoms with E-state index in [4.69, 9.17) is 46.4 Å². The molecule has 0 aliphatic heterocycles. The van der Waals surface area contributed by atoms with Crippen LogP contribution in [0.2, 0.25) is 10.0 Å². The molecular formula is C28H20Cl4N4O2S2. The Bertz CT molecular complexity index is 1520. The molecule has 0 spiro atoms. The van der Waals surface area contributed by atoms with Gasteiger partial charge in [0.15, 0.2) is 0 Å². The number of nitrogens with zero attached hydrogens (tertiary/aromatic N) is 2. The summed E-state index contributed by atoms with van der Waals surface area (Å²) in [5, 5.41) is 9.51. The first kappa shape index (κ1) is 30.2. The van der Waals surface area contributed by atoms with Gasteiger partial charge in [0.1, 0.15) is 4.21 Å². The first-order valence-electron chi connectivity index (χ1n) is 11.6. The smallest absolute Gasteiger partial charge is 0.267 e. The molecule has 0 saturated heterocycles. The molecule has 0 fully saturated rings. The predicted octanol–water partition coefficient (Wildman–Crippen LogP) is 8.16. The molecule has 6 nitrogen and oxygen atoms in total. The van der Waals surface area contributed by atoms with Crippen molar-refractivity contribution in [2.75, 3.05) is 0 Å². The Kier molecular flexibility index (Phi) is 10.8. The molecular weight excluding hydrogens is 630 g/mol. The molecule has 0 unspecified atom stereocenters. The SMILES string of the molecule is O=C(N/N=C\[C@@H]1C=CC(Cl)=C[C@]1(Cl)SSc1ccccc1C(=O)N/N=C\c1ccc(Cl)cc1Cl)c1ccccc1. The molecule has 0 radical (unpaired) electrons. The van der Waals surface area contributed by atoms with Gasteiger partial charge in [-0.1, -0.05) is 98.9 Å². The number of halogens is 4. The van der Waals surface area contributed by atoms with Gasteiger partial charge in [-0.2, -0.15) is 10.2 Å². The minimum absolute atomic E-state index is 0.339. The number of carbonyl (C=O) groups excluding carboxylic acids is 2. The minimum Gasteiger partial charge on any atom is -0.267 e. The van der Waals surface area contributed by atoms with E-state index in [-0.39, 0.29) is 5.91 Å². The van der Waals surface area contributed by atoms with Crippen LogP contribution in [0.15, 0.2) is 111 Å². The largest absolute Gasteiger partial charge is 0.272 e. The fourth-order valence-electron chi connectivity index (χ4n) is 3.38. The molecule has 4 rings (SSSR count). The average molecular weight is 650 g/mol. The van der Waals surface area contributed by atoms with Crippen molar-refractivity contribution < 1.29 is 9.59 Å². The maximum atomic E-state index is 12.9. The molecule has 2 atom stereocenters. The summed E-state index contributed by atoms with van der Waals surface area (Å²) < 4.78 is -1.05. The fourth-order valence-corrected chi connectivity index (χ4v) is 7.33. The van der Waals surface area contributed by atoms with Crippen LogP contribution in [0, 0.1) is 5.92 Å². The lowest BCUT2D eigenvalue weighted by Gasteiger charge is -2.30. The van der Waals surface area contributed by atoms with E-state index in [9.17, 15) is 9.59 Å². The van der Waals surface area contributed by atoms with Crippen LogP contribution < -0.4 is 10.9 Å². The number of hydrazone groups is 2. The molecule has 2 N–H and O–H groups in total. The highest BCUT2D eigenvalue weighted by atomic mass is 35.5. The average Bonchev–Trinajstić information content (AvgIpc) is 2.95. The zero-order valence-corrected chi connectivity index (χ0v) is 25.1. The Morgan fingerprint density at radius 2 is 1.62 bits per heavy atom. The van der Waals surface area contributed by atoms with E-state index >= 15 is 0 Å². The lowest BCUT2D eigenvalue weighted by atomic mass is 10.0. The first-order valence-corrected chi connectivity index (χ1v) is 15.3. The van der Waals surface area contributed by atoms with Crippen molar-refractivity contribution >= 4 is 92.2 Å². The molecule has 1 aliphatic rings. The van der Waals surface area contributed by atoms with Crippen molar-refractivity contribution in [1.29, 1.82) is 0 Å². The minimum atomic E-state index is -1.05. The summed E-state index contributed by atoms with van der Waals surface area (Å²) in [6.45, 7) is 0. The van der Waals surface area contributed by atoms with E-state index < -0.39 is 16.0 Å². The van der Waals surface area contributed by atoms with Crippen LogP contribution in [-0.4, -0.2) is 28.4 Å². The van der Waals surface area contributed by atoms with Crippen molar-refractivity contribution in [1.82, 2.24) is 10.9 Å². The number of alkyl halides is 1. The molecule has 0 bridgehead atoms. The Morgan fingerprint density at radius 3 is 2.40 bits per heavy atom. The van der Waals surface area contributed by atoms with Crippen molar-refractivity contribution in [2.24, 2.45) is 16.1 Å². The highest BCUT2D eigenvalue weighted by Crippen LogP contribution is 2.51. The first-order chi connectivity index (χ1) is 19.2. The number of carbonyl (C=O) groups is 2. The summed E-state index contributed by atoms with van der Waals surface area (Å²) in [6, 6.07) is 20.8. The fraction of sp³-hybridized carbons (Fsp3) is 0.0714. The number of rotatable bonds is 9. The lowest BCUT2D eigenvalue weighted by molar-refractivity contribution is 0.0945. The van der Waals surface area contributed by atoms with Crippen LogP contribution in [0.25, 0.3) is 0 Å². The van der Waals surface area contributed by atoms with Gasteiger partial charge in [0, 0.05) is 38.2 Å². The quantitative estimate of drug-likeness (QED) is 0.106. The van der Waals surface area contributed by atoms with Crippen LogP contribution in [0.4, 0.5) is 0 Å². The van der Waals surface area contributed by atoms with E-state index in [2.05, 4.69) is 21.1 Å². The molecule has 2 amide bonds. The lowest BCUT2D eigenvalue weighted by Crippen LogP contribution is -2.29. The third-order valence-corrected chi connectivity index (χ3v) is 9.96. The van der Waals surface area contributed by atoms with Gasteiger partial charge < -0.3 is 0 Å². The zero-order valence-electron chi connectivity index (χ0n) is 20.4. The van der Waals surface area contributed by atoms with Gasteiger partial charge in [-0.15, -0.1) is 11.6 Å². The summed E-state index contributed by atoms with van der Waals surface area (Å²) in [7, 11) is 2.60. The zero-order chi connectivity index (χ0) is 28.5. The summed E-state index contributed by atoms with van der Waals surface area (Å²) in [4.78, 5) is 25.9. The van der Waals surface area contributed by atoms with E-state index in [1.165, 1.54) is 27.8 Å². The highest BCUT2D eigenvalue weighted by molar-refractivity contribution is 8.77. The third kappa shape index (κ3) is 8.16. The van der Waals surface area contributed by atoms with Gasteiger partial charge in [0.25, 0.3) is 11.8 Å². The molecule has 1 aliphatic carbocycles. The van der Waals surface area contributed by atoms with Crippen molar-refractivity contribution in [3.63, 3.8) is 0 Å². The maximum Gasteiger partial charge on any atom is 0.272 e. The molecule has 0 heterocycles. The third-order valence-electron chi connectivity index (χ3n) is 5.41. The second-order valence-corrected chi connectivity index (χ2v) is 12.8. The van der Waals surface area contributed by atoms with Crippen LogP contribution >= 0.6 is 68.0 Å². The second kappa shape index (κ2) is 14.3. The molecule has 40 heavy (non-hydrogen) atoms. The standard InChI is InChI=1S/C28H20Cl4N4O2S2/c29-21-12-10-19(24(31)14-21)16-33-36-27(38)23-8-4-5-9-25(23)39-40-28(32)15-22(30)13-11-20(28)17-34-35-26(37)18-6-2-1-3-7-18/h1-17,20H,(H,35,37)(H,36,38)/b33-16-,34-17-/t20-,28-/m0/s1. The topological polar surface area (TPSA) is 82.9 Å². The van der Waals surface area contributed by atoms with Gasteiger partial charge in [0.05, 0.1) is 16.8 Å². The number of hydrogen-bond donors (Lipinski definition) is 2. The number of hydrogen-bond acceptors (Lipinski definition) is 6. The molecule has 3 aromatic rings. The van der Waals surface area contributed by atoms with Gasteiger partial charge in [-0.05, 0) is 48.6 Å². The predicted molar refractivity (Wildman–Crippen MR) is 169 cm³/mol. The van der Waals surface area contributed by atoms with Crippen LogP contribution in [0.3, 0.4) is 0 Å². The Labute approximate surface area is 259 Å². The Hall–Kier alpha value is -2.72. The van der Waals surface area contributed by atoms with Crippen molar-refractivity contribution in [3.05, 3.63) is 123 Å². The molecule has 3 aromatic carbocycles. The molecule has 204 valence electrons. The van der Waals surface area contributed by atoms with Crippen LogP contribution in [-0.2, 0) is 0 Å². The van der Waals surface area contributed by atoms with Gasteiger partial charge in [-0.3, -0.25) is 9.59 Å². The number of allylic oxidation sites excluding steroid dienone is 3. The van der Waals surface area contributed by atoms with Gasteiger partial charge in [0.2, 0.25) is 0 Å². The van der Waals surface area contributed by atoms with Crippen LogP contribution in [0.1, 0.15) is 26.3 Å². The summed E-state index contributed by atoms with van der Waals surface area (Å²) in [6.07, 6.45) is 8.21.